The van der Waals surface area contributed by atoms with Gasteiger partial charge in [-0.05, 0) is 13.0 Å². The molecule has 0 unspecified atom stereocenters. The molecule has 0 amide bonds. The fraction of sp³-hybridized carbons (Fsp3) is 0.0909. The zero-order valence-corrected chi connectivity index (χ0v) is 10.7. The van der Waals surface area contributed by atoms with Crippen LogP contribution in [-0.2, 0) is 0 Å². The summed E-state index contributed by atoms with van der Waals surface area (Å²) in [5, 5.41) is 14.9. The van der Waals surface area contributed by atoms with Gasteiger partial charge in [0.25, 0.3) is 5.69 Å². The third-order valence-corrected chi connectivity index (χ3v) is 2.65. The standard InChI is InChI=1S/C11H10ClN5O2/c1-7-6-16(11(13)15-7)14-5-8-2-3-9(12)10(4-8)17(18)19/h2-6H,1H3,(H2,13,15). The van der Waals surface area contributed by atoms with Crippen LogP contribution in [0.4, 0.5) is 11.6 Å². The van der Waals surface area contributed by atoms with Crippen molar-refractivity contribution in [2.24, 2.45) is 5.10 Å². The molecule has 0 bridgehead atoms. The summed E-state index contributed by atoms with van der Waals surface area (Å²) < 4.78 is 1.38. The predicted molar refractivity (Wildman–Crippen MR) is 72.5 cm³/mol. The summed E-state index contributed by atoms with van der Waals surface area (Å²) in [6.45, 7) is 1.79. The number of rotatable bonds is 3. The zero-order valence-electron chi connectivity index (χ0n) is 9.95. The van der Waals surface area contributed by atoms with Crippen LogP contribution in [0.1, 0.15) is 11.3 Å². The number of halogens is 1. The molecule has 19 heavy (non-hydrogen) atoms. The number of hydrogen-bond donors (Lipinski definition) is 1. The first kappa shape index (κ1) is 13.0. The van der Waals surface area contributed by atoms with E-state index in [-0.39, 0.29) is 16.7 Å². The largest absolute Gasteiger partial charge is 0.368 e. The lowest BCUT2D eigenvalue weighted by Crippen LogP contribution is -1.97. The molecule has 2 N–H and O–H groups in total. The predicted octanol–water partition coefficient (Wildman–Crippen LogP) is 2.22. The summed E-state index contributed by atoms with van der Waals surface area (Å²) in [5.74, 6) is 0.247. The SMILES string of the molecule is Cc1cn(N=Cc2ccc(Cl)c([N+](=O)[O-])c2)c(N)n1. The summed E-state index contributed by atoms with van der Waals surface area (Å²) in [5.41, 5.74) is 6.73. The number of nitrogens with zero attached hydrogens (tertiary/aromatic N) is 4. The minimum atomic E-state index is -0.546. The first-order valence-corrected chi connectivity index (χ1v) is 5.65. The van der Waals surface area contributed by atoms with Crippen molar-refractivity contribution in [2.75, 3.05) is 5.73 Å². The highest BCUT2D eigenvalue weighted by Crippen LogP contribution is 2.24. The minimum absolute atomic E-state index is 0.0835. The first-order chi connectivity index (χ1) is 8.97. The van der Waals surface area contributed by atoms with Crippen LogP contribution in [0.25, 0.3) is 0 Å². The molecule has 0 atom stereocenters. The van der Waals surface area contributed by atoms with Crippen LogP contribution in [0.3, 0.4) is 0 Å². The highest BCUT2D eigenvalue weighted by atomic mass is 35.5. The second-order valence-corrected chi connectivity index (χ2v) is 4.20. The number of nitrogens with two attached hydrogens (primary N) is 1. The number of benzene rings is 1. The number of aromatic nitrogens is 2. The zero-order chi connectivity index (χ0) is 14.0. The van der Waals surface area contributed by atoms with Gasteiger partial charge in [0, 0.05) is 11.6 Å². The Morgan fingerprint density at radius 3 is 2.89 bits per heavy atom. The van der Waals surface area contributed by atoms with Crippen molar-refractivity contribution in [3.8, 4) is 0 Å². The van der Waals surface area contributed by atoms with Gasteiger partial charge >= 0.3 is 0 Å². The van der Waals surface area contributed by atoms with Gasteiger partial charge in [-0.15, -0.1) is 0 Å². The lowest BCUT2D eigenvalue weighted by molar-refractivity contribution is -0.384. The highest BCUT2D eigenvalue weighted by molar-refractivity contribution is 6.32. The average molecular weight is 280 g/mol. The summed E-state index contributed by atoms with van der Waals surface area (Å²) >= 11 is 5.72. The minimum Gasteiger partial charge on any atom is -0.368 e. The van der Waals surface area contributed by atoms with E-state index in [2.05, 4.69) is 10.1 Å². The van der Waals surface area contributed by atoms with E-state index in [1.807, 2.05) is 0 Å². The lowest BCUT2D eigenvalue weighted by atomic mass is 10.2. The number of nitro groups is 1. The quantitative estimate of drug-likeness (QED) is 0.529. The van der Waals surface area contributed by atoms with Crippen LogP contribution in [-0.4, -0.2) is 20.8 Å². The monoisotopic (exact) mass is 279 g/mol. The van der Waals surface area contributed by atoms with Gasteiger partial charge in [0.1, 0.15) is 5.02 Å². The Kier molecular flexibility index (Phi) is 3.48. The van der Waals surface area contributed by atoms with Crippen LogP contribution in [0.15, 0.2) is 29.5 Å². The van der Waals surface area contributed by atoms with Gasteiger partial charge in [-0.25, -0.2) is 9.66 Å². The molecule has 0 saturated carbocycles. The van der Waals surface area contributed by atoms with Gasteiger partial charge in [-0.1, -0.05) is 17.7 Å². The maximum Gasteiger partial charge on any atom is 0.288 e. The molecule has 0 aliphatic rings. The molecule has 98 valence electrons. The van der Waals surface area contributed by atoms with Crippen LogP contribution in [0, 0.1) is 17.0 Å². The number of hydrogen-bond acceptors (Lipinski definition) is 5. The molecule has 0 saturated heterocycles. The number of nitro benzene ring substituents is 1. The average Bonchev–Trinajstić information content (AvgIpc) is 2.66. The van der Waals surface area contributed by atoms with Crippen LogP contribution >= 0.6 is 11.6 Å². The van der Waals surface area contributed by atoms with Crippen molar-refractivity contribution in [1.29, 1.82) is 0 Å². The summed E-state index contributed by atoms with van der Waals surface area (Å²) in [6, 6.07) is 4.41. The maximum absolute atomic E-state index is 10.7. The van der Waals surface area contributed by atoms with Crippen molar-refractivity contribution in [2.45, 2.75) is 6.92 Å². The van der Waals surface area contributed by atoms with E-state index in [0.29, 0.717) is 5.56 Å². The molecular weight excluding hydrogens is 270 g/mol. The smallest absolute Gasteiger partial charge is 0.288 e. The van der Waals surface area contributed by atoms with Crippen LogP contribution in [0.5, 0.6) is 0 Å². The summed E-state index contributed by atoms with van der Waals surface area (Å²) in [4.78, 5) is 14.2. The van der Waals surface area contributed by atoms with Crippen molar-refractivity contribution < 1.29 is 4.92 Å². The Morgan fingerprint density at radius 2 is 2.32 bits per heavy atom. The van der Waals surface area contributed by atoms with Crippen molar-refractivity contribution in [3.05, 3.63) is 50.8 Å². The van der Waals surface area contributed by atoms with E-state index >= 15 is 0 Å². The third-order valence-electron chi connectivity index (χ3n) is 2.33. The molecule has 1 heterocycles. The van der Waals surface area contributed by atoms with E-state index in [4.69, 9.17) is 17.3 Å². The molecule has 0 fully saturated rings. The van der Waals surface area contributed by atoms with Gasteiger partial charge < -0.3 is 5.73 Å². The number of aryl methyl sites for hydroxylation is 1. The lowest BCUT2D eigenvalue weighted by Gasteiger charge is -1.98. The van der Waals surface area contributed by atoms with Gasteiger partial charge in [0.15, 0.2) is 0 Å². The molecule has 0 aliphatic carbocycles. The second-order valence-electron chi connectivity index (χ2n) is 3.80. The molecule has 0 aliphatic heterocycles. The summed E-state index contributed by atoms with van der Waals surface area (Å²) in [6.07, 6.45) is 3.09. The Balaban J connectivity index is 2.31. The molecule has 7 nitrogen and oxygen atoms in total. The molecule has 1 aromatic carbocycles. The van der Waals surface area contributed by atoms with E-state index in [1.54, 1.807) is 19.2 Å². The Hall–Kier alpha value is -2.41. The number of imidazole rings is 1. The Labute approximate surface area is 113 Å². The molecule has 2 rings (SSSR count). The van der Waals surface area contributed by atoms with Crippen molar-refractivity contribution in [3.63, 3.8) is 0 Å². The van der Waals surface area contributed by atoms with Crippen LogP contribution < -0.4 is 5.73 Å². The molecular formula is C11H10ClN5O2. The van der Waals surface area contributed by atoms with Crippen molar-refractivity contribution in [1.82, 2.24) is 9.66 Å². The summed E-state index contributed by atoms with van der Waals surface area (Å²) in [7, 11) is 0. The van der Waals surface area contributed by atoms with E-state index in [9.17, 15) is 10.1 Å². The Morgan fingerprint density at radius 1 is 1.58 bits per heavy atom. The topological polar surface area (TPSA) is 99.3 Å². The number of anilines is 1. The maximum atomic E-state index is 10.7. The molecule has 1 aromatic heterocycles. The van der Waals surface area contributed by atoms with Gasteiger partial charge in [0.2, 0.25) is 5.95 Å². The third kappa shape index (κ3) is 2.89. The fourth-order valence-electron chi connectivity index (χ4n) is 1.48. The first-order valence-electron chi connectivity index (χ1n) is 5.27. The number of nitrogen functional groups attached to an aromatic ring is 1. The van der Waals surface area contributed by atoms with Gasteiger partial charge in [-0.3, -0.25) is 10.1 Å². The Bertz CT molecular complexity index is 665. The second kappa shape index (κ2) is 5.07. The molecule has 2 aromatic rings. The molecule has 8 heteroatoms. The highest BCUT2D eigenvalue weighted by Gasteiger charge is 2.11. The van der Waals surface area contributed by atoms with E-state index in [0.717, 1.165) is 5.69 Å². The fourth-order valence-corrected chi connectivity index (χ4v) is 1.66. The molecule has 0 spiro atoms. The van der Waals surface area contributed by atoms with E-state index in [1.165, 1.54) is 23.0 Å². The van der Waals surface area contributed by atoms with Gasteiger partial charge in [-0.2, -0.15) is 5.10 Å². The van der Waals surface area contributed by atoms with E-state index < -0.39 is 4.92 Å². The van der Waals surface area contributed by atoms with Crippen molar-refractivity contribution >= 4 is 29.5 Å². The van der Waals surface area contributed by atoms with Gasteiger partial charge in [0.05, 0.1) is 23.0 Å². The van der Waals surface area contributed by atoms with Crippen LogP contribution in [0.2, 0.25) is 5.02 Å². The molecule has 0 radical (unpaired) electrons. The normalized spacial score (nSPS) is 11.1.